The highest BCUT2D eigenvalue weighted by Gasteiger charge is 2.19. The topological polar surface area (TPSA) is 112 Å². The van der Waals surface area contributed by atoms with Crippen molar-refractivity contribution in [3.63, 3.8) is 0 Å². The number of para-hydroxylation sites is 1. The van der Waals surface area contributed by atoms with Crippen LogP contribution < -0.4 is 5.32 Å². The molecule has 1 amide bonds. The minimum Gasteiger partial charge on any atom is -0.336 e. The van der Waals surface area contributed by atoms with E-state index in [0.29, 0.717) is 34.3 Å². The highest BCUT2D eigenvalue weighted by Crippen LogP contribution is 2.28. The van der Waals surface area contributed by atoms with E-state index in [0.717, 1.165) is 17.4 Å². The number of H-pyrrole nitrogens is 1. The van der Waals surface area contributed by atoms with Gasteiger partial charge in [0.15, 0.2) is 5.82 Å². The summed E-state index contributed by atoms with van der Waals surface area (Å²) >= 11 is 0. The number of nitrogens with one attached hydrogen (secondary N) is 2. The first kappa shape index (κ1) is 18.4. The number of fused-ring (bicyclic) bond motifs is 1. The van der Waals surface area contributed by atoms with Crippen LogP contribution in [0.3, 0.4) is 0 Å². The van der Waals surface area contributed by atoms with Crippen molar-refractivity contribution in [3.05, 3.63) is 59.8 Å². The van der Waals surface area contributed by atoms with Gasteiger partial charge in [-0.3, -0.25) is 4.79 Å². The van der Waals surface area contributed by atoms with Crippen LogP contribution >= 0.6 is 0 Å². The predicted molar refractivity (Wildman–Crippen MR) is 109 cm³/mol. The van der Waals surface area contributed by atoms with E-state index in [1.54, 1.807) is 18.2 Å². The quantitative estimate of drug-likeness (QED) is 0.545. The van der Waals surface area contributed by atoms with E-state index in [-0.39, 0.29) is 5.91 Å². The fraction of sp³-hybridized carbons (Fsp3) is 0.190. The lowest BCUT2D eigenvalue weighted by Crippen LogP contribution is -2.19. The van der Waals surface area contributed by atoms with Gasteiger partial charge in [-0.1, -0.05) is 32.0 Å². The first-order chi connectivity index (χ1) is 14.1. The molecule has 29 heavy (non-hydrogen) atoms. The van der Waals surface area contributed by atoms with Gasteiger partial charge in [0, 0.05) is 23.0 Å². The Labute approximate surface area is 167 Å². The smallest absolute Gasteiger partial charge is 0.272 e. The van der Waals surface area contributed by atoms with Crippen LogP contribution in [0.4, 0.5) is 5.69 Å². The van der Waals surface area contributed by atoms with Crippen molar-refractivity contribution in [1.29, 1.82) is 5.26 Å². The Morgan fingerprint density at radius 3 is 2.79 bits per heavy atom. The highest BCUT2D eigenvalue weighted by atomic mass is 16.2. The molecule has 144 valence electrons. The van der Waals surface area contributed by atoms with Crippen LogP contribution in [0.25, 0.3) is 22.3 Å². The van der Waals surface area contributed by atoms with Crippen molar-refractivity contribution in [2.75, 3.05) is 5.32 Å². The molecule has 0 saturated heterocycles. The van der Waals surface area contributed by atoms with E-state index in [2.05, 4.69) is 45.9 Å². The zero-order chi connectivity index (χ0) is 20.4. The Balaban J connectivity index is 1.75. The lowest BCUT2D eigenvalue weighted by Gasteiger charge is -2.14. The van der Waals surface area contributed by atoms with Gasteiger partial charge in [-0.05, 0) is 46.7 Å². The van der Waals surface area contributed by atoms with Gasteiger partial charge in [0.05, 0.1) is 17.3 Å². The first-order valence-corrected chi connectivity index (χ1v) is 9.24. The van der Waals surface area contributed by atoms with E-state index in [9.17, 15) is 10.1 Å². The average Bonchev–Trinajstić information content (AvgIpc) is 3.37. The molecule has 0 spiro atoms. The Bertz CT molecular complexity index is 1220. The normalized spacial score (nSPS) is 11.0. The van der Waals surface area contributed by atoms with Gasteiger partial charge in [-0.15, -0.1) is 5.10 Å². The maximum Gasteiger partial charge on any atom is 0.272 e. The molecule has 0 atom stereocenters. The second-order valence-corrected chi connectivity index (χ2v) is 7.17. The summed E-state index contributed by atoms with van der Waals surface area (Å²) in [6.07, 6.45) is 0. The summed E-state index contributed by atoms with van der Waals surface area (Å²) < 4.78 is 2.04. The fourth-order valence-corrected chi connectivity index (χ4v) is 3.34. The maximum atomic E-state index is 13.2. The molecule has 0 radical (unpaired) electrons. The molecule has 2 heterocycles. The van der Waals surface area contributed by atoms with Gasteiger partial charge < -0.3 is 9.88 Å². The molecule has 0 aliphatic rings. The van der Waals surface area contributed by atoms with Gasteiger partial charge in [0.1, 0.15) is 5.69 Å². The third kappa shape index (κ3) is 3.58. The van der Waals surface area contributed by atoms with Crippen molar-refractivity contribution < 1.29 is 4.79 Å². The summed E-state index contributed by atoms with van der Waals surface area (Å²) in [7, 11) is 0. The molecule has 2 aromatic carbocycles. The van der Waals surface area contributed by atoms with E-state index >= 15 is 0 Å². The van der Waals surface area contributed by atoms with Crippen molar-refractivity contribution in [3.8, 4) is 17.5 Å². The molecule has 0 bridgehead atoms. The summed E-state index contributed by atoms with van der Waals surface area (Å²) in [5.41, 5.74) is 3.11. The van der Waals surface area contributed by atoms with Crippen LogP contribution in [0.15, 0.2) is 48.5 Å². The summed E-state index contributed by atoms with van der Waals surface area (Å²) in [5, 5.41) is 26.9. The third-order valence-corrected chi connectivity index (χ3v) is 4.59. The molecule has 0 unspecified atom stereocenters. The molecule has 8 nitrogen and oxygen atoms in total. The van der Waals surface area contributed by atoms with E-state index in [1.807, 2.05) is 34.9 Å². The van der Waals surface area contributed by atoms with Crippen LogP contribution in [-0.2, 0) is 6.54 Å². The molecule has 4 rings (SSSR count). The number of aromatic nitrogens is 5. The number of tetrazole rings is 1. The molecule has 0 aliphatic carbocycles. The zero-order valence-electron chi connectivity index (χ0n) is 16.0. The van der Waals surface area contributed by atoms with Gasteiger partial charge in [0.25, 0.3) is 5.91 Å². The standard InChI is InChI=1S/C21H19N7O/c1-13(2)12-28-18-6-4-3-5-15(18)10-19(28)21(29)23-17-8-7-14(11-22)9-16(17)20-24-26-27-25-20/h3-10,13H,12H2,1-2H3,(H,23,29)(H,24,25,26,27). The number of benzene rings is 2. The SMILES string of the molecule is CC(C)Cn1c(C(=O)Nc2ccc(C#N)cc2-c2nnn[nH]2)cc2ccccc21. The lowest BCUT2D eigenvalue weighted by molar-refractivity contribution is 0.101. The molecule has 0 saturated carbocycles. The summed E-state index contributed by atoms with van der Waals surface area (Å²) in [6, 6.07) is 16.9. The lowest BCUT2D eigenvalue weighted by atomic mass is 10.1. The Morgan fingerprint density at radius 1 is 1.24 bits per heavy atom. The largest absolute Gasteiger partial charge is 0.336 e. The number of anilines is 1. The Morgan fingerprint density at radius 2 is 2.07 bits per heavy atom. The number of hydrogen-bond donors (Lipinski definition) is 2. The number of carbonyl (C=O) groups excluding carboxylic acids is 1. The molecule has 2 N–H and O–H groups in total. The van der Waals surface area contributed by atoms with Crippen LogP contribution in [-0.4, -0.2) is 31.1 Å². The number of nitriles is 1. The van der Waals surface area contributed by atoms with Crippen molar-refractivity contribution >= 4 is 22.5 Å². The second kappa shape index (κ2) is 7.56. The second-order valence-electron chi connectivity index (χ2n) is 7.17. The minimum atomic E-state index is -0.236. The number of aromatic amines is 1. The van der Waals surface area contributed by atoms with E-state index in [4.69, 9.17) is 0 Å². The summed E-state index contributed by atoms with van der Waals surface area (Å²) in [6.45, 7) is 4.96. The number of carbonyl (C=O) groups is 1. The predicted octanol–water partition coefficient (Wildman–Crippen LogP) is 3.60. The number of amides is 1. The first-order valence-electron chi connectivity index (χ1n) is 9.24. The molecule has 0 fully saturated rings. The van der Waals surface area contributed by atoms with Crippen molar-refractivity contribution in [2.45, 2.75) is 20.4 Å². The number of hydrogen-bond acceptors (Lipinski definition) is 5. The monoisotopic (exact) mass is 385 g/mol. The molecular formula is C21H19N7O. The van der Waals surface area contributed by atoms with Crippen LogP contribution in [0.1, 0.15) is 29.9 Å². The number of rotatable bonds is 5. The molecule has 0 aliphatic heterocycles. The third-order valence-electron chi connectivity index (χ3n) is 4.59. The number of nitrogens with zero attached hydrogens (tertiary/aromatic N) is 5. The van der Waals surface area contributed by atoms with Crippen LogP contribution in [0.2, 0.25) is 0 Å². The van der Waals surface area contributed by atoms with Gasteiger partial charge >= 0.3 is 0 Å². The van der Waals surface area contributed by atoms with Gasteiger partial charge in [-0.25, -0.2) is 5.10 Å². The summed E-state index contributed by atoms with van der Waals surface area (Å²) in [5.74, 6) is 0.517. The van der Waals surface area contributed by atoms with Crippen molar-refractivity contribution in [1.82, 2.24) is 25.2 Å². The van der Waals surface area contributed by atoms with E-state index in [1.165, 1.54) is 0 Å². The zero-order valence-corrected chi connectivity index (χ0v) is 16.0. The molecular weight excluding hydrogens is 366 g/mol. The summed E-state index contributed by atoms with van der Waals surface area (Å²) in [4.78, 5) is 13.2. The fourth-order valence-electron chi connectivity index (χ4n) is 3.34. The average molecular weight is 385 g/mol. The molecule has 8 heteroatoms. The Kier molecular flexibility index (Phi) is 4.79. The van der Waals surface area contributed by atoms with Gasteiger partial charge in [-0.2, -0.15) is 5.26 Å². The highest BCUT2D eigenvalue weighted by molar-refractivity contribution is 6.08. The van der Waals surface area contributed by atoms with Crippen LogP contribution in [0.5, 0.6) is 0 Å². The van der Waals surface area contributed by atoms with Crippen LogP contribution in [0, 0.1) is 17.2 Å². The molecule has 2 aromatic heterocycles. The molecule has 4 aromatic rings. The van der Waals surface area contributed by atoms with Gasteiger partial charge in [0.2, 0.25) is 0 Å². The van der Waals surface area contributed by atoms with Crippen molar-refractivity contribution in [2.24, 2.45) is 5.92 Å². The van der Waals surface area contributed by atoms with E-state index < -0.39 is 0 Å². The minimum absolute atomic E-state index is 0.236. The maximum absolute atomic E-state index is 13.2. The Hall–Kier alpha value is -3.99.